The van der Waals surface area contributed by atoms with Crippen molar-refractivity contribution in [2.24, 2.45) is 16.1 Å². The fourth-order valence-electron chi connectivity index (χ4n) is 0.690. The van der Waals surface area contributed by atoms with E-state index in [9.17, 15) is 4.79 Å². The molecule has 5 nitrogen and oxygen atoms in total. The van der Waals surface area contributed by atoms with Gasteiger partial charge in [-0.15, -0.1) is 16.5 Å². The summed E-state index contributed by atoms with van der Waals surface area (Å²) in [6.07, 6.45) is 0. The van der Waals surface area contributed by atoms with Crippen LogP contribution in [0.2, 0.25) is 0 Å². The van der Waals surface area contributed by atoms with Gasteiger partial charge in [-0.1, -0.05) is 5.22 Å². The van der Waals surface area contributed by atoms with Crippen molar-refractivity contribution in [1.29, 1.82) is 0 Å². The Hall–Kier alpha value is -1.43. The van der Waals surface area contributed by atoms with Gasteiger partial charge in [-0.25, -0.2) is 0 Å². The molecular weight excluding hydrogens is 188 g/mol. The maximum atomic E-state index is 10.8. The fourth-order valence-corrected chi connectivity index (χ4v) is 1.43. The molecule has 6 heteroatoms. The van der Waals surface area contributed by atoms with Crippen molar-refractivity contribution in [3.8, 4) is 0 Å². The van der Waals surface area contributed by atoms with Gasteiger partial charge in [0.25, 0.3) is 5.91 Å². The van der Waals surface area contributed by atoms with Crippen LogP contribution in [0.15, 0.2) is 21.1 Å². The van der Waals surface area contributed by atoms with Crippen LogP contribution < -0.4 is 5.73 Å². The maximum absolute atomic E-state index is 10.8. The minimum absolute atomic E-state index is 0.413. The highest BCUT2D eigenvalue weighted by Crippen LogP contribution is 2.23. The van der Waals surface area contributed by atoms with E-state index in [-0.39, 0.29) is 0 Å². The lowest BCUT2D eigenvalue weighted by atomic mass is 10.3. The third-order valence-corrected chi connectivity index (χ3v) is 1.97. The van der Waals surface area contributed by atoms with E-state index in [1.54, 1.807) is 29.9 Å². The Bertz CT molecular complexity index is 331. The SMILES string of the molecule is CN(C)N=Nc1cscc1C(N)=O. The van der Waals surface area contributed by atoms with Gasteiger partial charge in [-0.3, -0.25) is 9.80 Å². The van der Waals surface area contributed by atoms with E-state index >= 15 is 0 Å². The van der Waals surface area contributed by atoms with Crippen LogP contribution in [-0.2, 0) is 0 Å². The van der Waals surface area contributed by atoms with E-state index in [2.05, 4.69) is 10.3 Å². The number of rotatable bonds is 3. The van der Waals surface area contributed by atoms with Gasteiger partial charge < -0.3 is 5.73 Å². The highest BCUT2D eigenvalue weighted by Gasteiger charge is 2.07. The Balaban J connectivity index is 2.88. The molecule has 0 fully saturated rings. The maximum Gasteiger partial charge on any atom is 0.251 e. The third-order valence-electron chi connectivity index (χ3n) is 1.24. The average molecular weight is 198 g/mol. The average Bonchev–Trinajstić information content (AvgIpc) is 2.47. The summed E-state index contributed by atoms with van der Waals surface area (Å²) in [4.78, 5) is 10.8. The van der Waals surface area contributed by atoms with Crippen LogP contribution >= 0.6 is 11.3 Å². The highest BCUT2D eigenvalue weighted by molar-refractivity contribution is 7.08. The number of carbonyl (C=O) groups excluding carboxylic acids is 1. The molecule has 0 spiro atoms. The molecule has 0 aromatic carbocycles. The van der Waals surface area contributed by atoms with Gasteiger partial charge in [0.1, 0.15) is 5.69 Å². The number of hydrogen-bond acceptors (Lipinski definition) is 4. The van der Waals surface area contributed by atoms with Gasteiger partial charge in [0.15, 0.2) is 0 Å². The molecule has 0 atom stereocenters. The second kappa shape index (κ2) is 3.99. The summed E-state index contributed by atoms with van der Waals surface area (Å²) in [5, 5.41) is 12.5. The first kappa shape index (κ1) is 9.66. The molecule has 0 bridgehead atoms. The van der Waals surface area contributed by atoms with Crippen LogP contribution in [0.3, 0.4) is 0 Å². The minimum atomic E-state index is -0.478. The minimum Gasteiger partial charge on any atom is -0.366 e. The molecule has 70 valence electrons. The molecule has 0 unspecified atom stereocenters. The smallest absolute Gasteiger partial charge is 0.251 e. The monoisotopic (exact) mass is 198 g/mol. The third kappa shape index (κ3) is 2.51. The van der Waals surface area contributed by atoms with Crippen molar-refractivity contribution < 1.29 is 4.79 Å². The Morgan fingerprint density at radius 2 is 2.23 bits per heavy atom. The largest absolute Gasteiger partial charge is 0.366 e. The van der Waals surface area contributed by atoms with Crippen molar-refractivity contribution in [1.82, 2.24) is 5.01 Å². The first-order valence-corrected chi connectivity index (χ1v) is 4.50. The Morgan fingerprint density at radius 1 is 1.54 bits per heavy atom. The lowest BCUT2D eigenvalue weighted by Crippen LogP contribution is -2.09. The zero-order valence-corrected chi connectivity index (χ0v) is 8.21. The van der Waals surface area contributed by atoms with Gasteiger partial charge in [-0.2, -0.15) is 0 Å². The van der Waals surface area contributed by atoms with E-state index in [1.165, 1.54) is 11.3 Å². The molecule has 2 N–H and O–H groups in total. The molecule has 1 heterocycles. The number of carbonyl (C=O) groups is 1. The summed E-state index contributed by atoms with van der Waals surface area (Å²) in [7, 11) is 3.50. The number of nitrogens with zero attached hydrogens (tertiary/aromatic N) is 3. The molecule has 0 saturated heterocycles. The van der Waals surface area contributed by atoms with E-state index in [1.807, 2.05) is 0 Å². The predicted molar refractivity (Wildman–Crippen MR) is 51.0 cm³/mol. The van der Waals surface area contributed by atoms with Gasteiger partial charge >= 0.3 is 0 Å². The van der Waals surface area contributed by atoms with Crippen molar-refractivity contribution in [3.05, 3.63) is 16.3 Å². The van der Waals surface area contributed by atoms with Crippen LogP contribution in [-0.4, -0.2) is 25.0 Å². The fraction of sp³-hybridized carbons (Fsp3) is 0.286. The van der Waals surface area contributed by atoms with Crippen molar-refractivity contribution >= 4 is 22.9 Å². The number of hydrogen-bond donors (Lipinski definition) is 1. The van der Waals surface area contributed by atoms with Crippen LogP contribution in [0.4, 0.5) is 5.69 Å². The lowest BCUT2D eigenvalue weighted by Gasteiger charge is -1.99. The second-order valence-electron chi connectivity index (χ2n) is 2.57. The van der Waals surface area contributed by atoms with Crippen LogP contribution in [0, 0.1) is 0 Å². The second-order valence-corrected chi connectivity index (χ2v) is 3.32. The number of primary amides is 1. The highest BCUT2D eigenvalue weighted by atomic mass is 32.1. The summed E-state index contributed by atoms with van der Waals surface area (Å²) < 4.78 is 0. The summed E-state index contributed by atoms with van der Waals surface area (Å²) in [5.41, 5.74) is 6.05. The molecule has 0 aliphatic heterocycles. The normalized spacial score (nSPS) is 10.6. The Labute approximate surface area is 79.8 Å². The lowest BCUT2D eigenvalue weighted by molar-refractivity contribution is 0.100. The van der Waals surface area contributed by atoms with Crippen LogP contribution in [0.25, 0.3) is 0 Å². The van der Waals surface area contributed by atoms with Crippen LogP contribution in [0.5, 0.6) is 0 Å². The molecule has 1 aromatic heterocycles. The first-order valence-electron chi connectivity index (χ1n) is 3.56. The number of nitrogens with two attached hydrogens (primary N) is 1. The van der Waals surface area contributed by atoms with E-state index < -0.39 is 5.91 Å². The molecule has 1 amide bonds. The molecule has 13 heavy (non-hydrogen) atoms. The molecule has 0 aliphatic carbocycles. The zero-order chi connectivity index (χ0) is 9.84. The summed E-state index contributed by atoms with van der Waals surface area (Å²) in [6, 6.07) is 0. The summed E-state index contributed by atoms with van der Waals surface area (Å²) in [5.74, 6) is -0.478. The quantitative estimate of drug-likeness (QED) is 0.589. The van der Waals surface area contributed by atoms with E-state index in [4.69, 9.17) is 5.73 Å². The van der Waals surface area contributed by atoms with Gasteiger partial charge in [0, 0.05) is 24.9 Å². The summed E-state index contributed by atoms with van der Waals surface area (Å²) in [6.45, 7) is 0. The van der Waals surface area contributed by atoms with E-state index in [0.29, 0.717) is 11.3 Å². The topological polar surface area (TPSA) is 71.1 Å². The van der Waals surface area contributed by atoms with Gasteiger partial charge in [0.2, 0.25) is 0 Å². The molecule has 0 aliphatic rings. The number of amides is 1. The Kier molecular flexibility index (Phi) is 2.97. The van der Waals surface area contributed by atoms with Crippen molar-refractivity contribution in [3.63, 3.8) is 0 Å². The molecule has 0 saturated carbocycles. The van der Waals surface area contributed by atoms with Gasteiger partial charge in [-0.05, 0) is 0 Å². The summed E-state index contributed by atoms with van der Waals surface area (Å²) >= 11 is 1.37. The van der Waals surface area contributed by atoms with E-state index in [0.717, 1.165) is 0 Å². The predicted octanol–water partition coefficient (Wildman–Crippen LogP) is 1.41. The van der Waals surface area contributed by atoms with Crippen molar-refractivity contribution in [2.45, 2.75) is 0 Å². The zero-order valence-electron chi connectivity index (χ0n) is 7.39. The molecule has 1 aromatic rings. The molecule has 1 rings (SSSR count). The first-order chi connectivity index (χ1) is 6.11. The Morgan fingerprint density at radius 3 is 2.77 bits per heavy atom. The van der Waals surface area contributed by atoms with Crippen LogP contribution in [0.1, 0.15) is 10.4 Å². The molecular formula is C7H10N4OS. The standard InChI is InChI=1S/C7H10N4OS/c1-11(2)10-9-6-4-13-3-5(6)7(8)12/h3-4H,1-2H3,(H2,8,12). The van der Waals surface area contributed by atoms with Crippen molar-refractivity contribution in [2.75, 3.05) is 14.1 Å². The molecule has 0 radical (unpaired) electrons. The number of thiophene rings is 1. The van der Waals surface area contributed by atoms with Gasteiger partial charge in [0.05, 0.1) is 5.56 Å².